The lowest BCUT2D eigenvalue weighted by Gasteiger charge is -2.23. The predicted octanol–water partition coefficient (Wildman–Crippen LogP) is 0.869. The van der Waals surface area contributed by atoms with Crippen LogP contribution in [0.25, 0.3) is 22.6 Å². The van der Waals surface area contributed by atoms with Crippen molar-refractivity contribution >= 4 is 22.9 Å². The maximum absolute atomic E-state index is 11.7. The number of nitrogens with zero attached hydrogens (tertiary/aromatic N) is 5. The van der Waals surface area contributed by atoms with Gasteiger partial charge in [-0.25, -0.2) is 9.97 Å². The minimum atomic E-state index is -0.367. The molecule has 0 aliphatic carbocycles. The number of benzene rings is 1. The number of nitrogens with one attached hydrogen (secondary N) is 1. The van der Waals surface area contributed by atoms with Crippen LogP contribution in [0, 0.1) is 0 Å². The fraction of sp³-hybridized carbons (Fsp3) is 0.267. The Hall–Kier alpha value is -3.03. The largest absolute Gasteiger partial charge is 0.368 e. The summed E-state index contributed by atoms with van der Waals surface area (Å²) in [6.07, 6.45) is 1.61. The first-order valence-electron chi connectivity index (χ1n) is 7.44. The Balaban J connectivity index is 1.88. The first-order chi connectivity index (χ1) is 11.2. The first kappa shape index (κ1) is 13.6. The summed E-state index contributed by atoms with van der Waals surface area (Å²) in [5.41, 5.74) is 7.44. The van der Waals surface area contributed by atoms with Crippen molar-refractivity contribution in [2.75, 3.05) is 11.4 Å². The third kappa shape index (κ3) is 2.28. The minimum absolute atomic E-state index is 0.348. The Labute approximate surface area is 131 Å². The molecule has 116 valence electrons. The summed E-state index contributed by atoms with van der Waals surface area (Å²) in [5, 5.41) is 10.8. The molecule has 0 saturated carbocycles. The molecule has 0 bridgehead atoms. The molecule has 3 heterocycles. The quantitative estimate of drug-likeness (QED) is 0.742. The van der Waals surface area contributed by atoms with Crippen LogP contribution in [-0.2, 0) is 4.79 Å². The highest BCUT2D eigenvalue weighted by Gasteiger charge is 2.32. The number of anilines is 1. The summed E-state index contributed by atoms with van der Waals surface area (Å²) in [6, 6.07) is 9.28. The van der Waals surface area contributed by atoms with E-state index < -0.39 is 0 Å². The number of hydrogen-bond donors (Lipinski definition) is 2. The van der Waals surface area contributed by atoms with Gasteiger partial charge < -0.3 is 10.6 Å². The number of H-pyrrole nitrogens is 1. The van der Waals surface area contributed by atoms with Gasteiger partial charge in [0, 0.05) is 12.1 Å². The second-order valence-corrected chi connectivity index (χ2v) is 5.49. The van der Waals surface area contributed by atoms with Gasteiger partial charge >= 0.3 is 0 Å². The highest BCUT2D eigenvalue weighted by atomic mass is 16.1. The zero-order chi connectivity index (χ0) is 15.8. The van der Waals surface area contributed by atoms with Gasteiger partial charge in [0.2, 0.25) is 11.6 Å². The van der Waals surface area contributed by atoms with Crippen LogP contribution in [0.4, 0.5) is 5.82 Å². The Kier molecular flexibility index (Phi) is 3.14. The number of rotatable bonds is 3. The van der Waals surface area contributed by atoms with Crippen molar-refractivity contribution in [3.05, 3.63) is 30.3 Å². The molecule has 3 N–H and O–H groups in total. The van der Waals surface area contributed by atoms with Crippen LogP contribution < -0.4 is 10.6 Å². The van der Waals surface area contributed by atoms with Crippen molar-refractivity contribution in [3.63, 3.8) is 0 Å². The van der Waals surface area contributed by atoms with Crippen LogP contribution >= 0.6 is 0 Å². The van der Waals surface area contributed by atoms with Crippen molar-refractivity contribution < 1.29 is 4.79 Å². The molecule has 2 aromatic heterocycles. The molecule has 1 atom stereocenters. The zero-order valence-electron chi connectivity index (χ0n) is 12.3. The van der Waals surface area contributed by atoms with Gasteiger partial charge in [0.1, 0.15) is 6.04 Å². The number of fused-ring (bicyclic) bond motifs is 1. The number of carbonyl (C=O) groups excluding carboxylic acids is 1. The van der Waals surface area contributed by atoms with Gasteiger partial charge in [0.15, 0.2) is 17.2 Å². The van der Waals surface area contributed by atoms with Crippen molar-refractivity contribution in [1.29, 1.82) is 0 Å². The Morgan fingerprint density at radius 3 is 2.83 bits per heavy atom. The van der Waals surface area contributed by atoms with E-state index in [0.29, 0.717) is 29.4 Å². The maximum atomic E-state index is 11.7. The molecule has 8 nitrogen and oxygen atoms in total. The van der Waals surface area contributed by atoms with Crippen LogP contribution in [0.15, 0.2) is 30.3 Å². The summed E-state index contributed by atoms with van der Waals surface area (Å²) in [7, 11) is 0. The summed E-state index contributed by atoms with van der Waals surface area (Å²) in [6.45, 7) is 0.709. The van der Waals surface area contributed by atoms with E-state index in [0.717, 1.165) is 18.4 Å². The Morgan fingerprint density at radius 1 is 1.22 bits per heavy atom. The standard InChI is InChI=1S/C15H15N7O/c16-12(23)10-7-4-8-22(10)15-11-14(20-21-19-11)17-13(18-15)9-5-2-1-3-6-9/h1-3,5-6,10H,4,7-8H2,(H2,16,23)(H,17,18,19,20,21). The van der Waals surface area contributed by atoms with E-state index in [1.54, 1.807) is 0 Å². The lowest BCUT2D eigenvalue weighted by atomic mass is 10.2. The highest BCUT2D eigenvalue weighted by Crippen LogP contribution is 2.30. The molecular formula is C15H15N7O. The molecule has 23 heavy (non-hydrogen) atoms. The average molecular weight is 309 g/mol. The van der Waals surface area contributed by atoms with E-state index in [-0.39, 0.29) is 11.9 Å². The highest BCUT2D eigenvalue weighted by molar-refractivity contribution is 5.90. The SMILES string of the molecule is NC(=O)C1CCCN1c1nc(-c2ccccc2)nc2n[nH]nc12. The lowest BCUT2D eigenvalue weighted by molar-refractivity contribution is -0.119. The molecule has 4 rings (SSSR count). The molecule has 8 heteroatoms. The minimum Gasteiger partial charge on any atom is -0.368 e. The third-order valence-electron chi connectivity index (χ3n) is 4.05. The molecular weight excluding hydrogens is 294 g/mol. The van der Waals surface area contributed by atoms with Crippen LogP contribution in [0.5, 0.6) is 0 Å². The molecule has 1 aliphatic rings. The van der Waals surface area contributed by atoms with Gasteiger partial charge in [-0.3, -0.25) is 4.79 Å². The van der Waals surface area contributed by atoms with Gasteiger partial charge in [-0.1, -0.05) is 30.3 Å². The summed E-state index contributed by atoms with van der Waals surface area (Å²) < 4.78 is 0. The fourth-order valence-corrected chi connectivity index (χ4v) is 2.96. The number of nitrogens with two attached hydrogens (primary N) is 1. The number of amides is 1. The van der Waals surface area contributed by atoms with Crippen LogP contribution in [0.3, 0.4) is 0 Å². The maximum Gasteiger partial charge on any atom is 0.240 e. The smallest absolute Gasteiger partial charge is 0.240 e. The monoisotopic (exact) mass is 309 g/mol. The number of aromatic amines is 1. The molecule has 0 spiro atoms. The van der Waals surface area contributed by atoms with Crippen molar-refractivity contribution in [2.45, 2.75) is 18.9 Å². The number of primary amides is 1. The number of aromatic nitrogens is 5. The van der Waals surface area contributed by atoms with Crippen molar-refractivity contribution in [1.82, 2.24) is 25.4 Å². The van der Waals surface area contributed by atoms with E-state index in [1.165, 1.54) is 0 Å². The van der Waals surface area contributed by atoms with Crippen LogP contribution in [0.2, 0.25) is 0 Å². The lowest BCUT2D eigenvalue weighted by Crippen LogP contribution is -2.41. The van der Waals surface area contributed by atoms with E-state index in [1.807, 2.05) is 35.2 Å². The second-order valence-electron chi connectivity index (χ2n) is 5.49. The van der Waals surface area contributed by atoms with E-state index >= 15 is 0 Å². The molecule has 1 unspecified atom stereocenters. The predicted molar refractivity (Wildman–Crippen MR) is 84.5 cm³/mol. The van der Waals surface area contributed by atoms with Crippen LogP contribution in [0.1, 0.15) is 12.8 Å². The molecule has 0 radical (unpaired) electrons. The molecule has 1 amide bonds. The van der Waals surface area contributed by atoms with Gasteiger partial charge in [-0.2, -0.15) is 10.3 Å². The number of carbonyl (C=O) groups is 1. The van der Waals surface area contributed by atoms with E-state index in [2.05, 4.69) is 25.4 Å². The van der Waals surface area contributed by atoms with E-state index in [4.69, 9.17) is 5.73 Å². The second kappa shape index (κ2) is 5.31. The molecule has 1 aliphatic heterocycles. The molecule has 3 aromatic rings. The molecule has 1 saturated heterocycles. The normalized spacial score (nSPS) is 17.7. The summed E-state index contributed by atoms with van der Waals surface area (Å²) in [4.78, 5) is 22.7. The van der Waals surface area contributed by atoms with Gasteiger partial charge in [-0.15, -0.1) is 5.10 Å². The van der Waals surface area contributed by atoms with Crippen molar-refractivity contribution in [3.8, 4) is 11.4 Å². The topological polar surface area (TPSA) is 114 Å². The third-order valence-corrected chi connectivity index (χ3v) is 4.05. The fourth-order valence-electron chi connectivity index (χ4n) is 2.96. The number of hydrogen-bond acceptors (Lipinski definition) is 6. The van der Waals surface area contributed by atoms with Crippen LogP contribution in [-0.4, -0.2) is 43.9 Å². The van der Waals surface area contributed by atoms with Crippen molar-refractivity contribution in [2.24, 2.45) is 5.73 Å². The Morgan fingerprint density at radius 2 is 2.04 bits per heavy atom. The Bertz CT molecular complexity index is 861. The van der Waals surface area contributed by atoms with E-state index in [9.17, 15) is 4.79 Å². The molecule has 1 fully saturated rings. The summed E-state index contributed by atoms with van der Waals surface area (Å²) >= 11 is 0. The molecule has 1 aromatic carbocycles. The zero-order valence-corrected chi connectivity index (χ0v) is 12.3. The first-order valence-corrected chi connectivity index (χ1v) is 7.44. The summed E-state index contributed by atoms with van der Waals surface area (Å²) in [5.74, 6) is 0.806. The van der Waals surface area contributed by atoms with Gasteiger partial charge in [-0.05, 0) is 12.8 Å². The average Bonchev–Trinajstić information content (AvgIpc) is 3.23. The van der Waals surface area contributed by atoms with Gasteiger partial charge in [0.25, 0.3) is 0 Å². The van der Waals surface area contributed by atoms with Gasteiger partial charge in [0.05, 0.1) is 0 Å².